The van der Waals surface area contributed by atoms with Crippen LogP contribution in [0, 0.1) is 0 Å². The van der Waals surface area contributed by atoms with Gasteiger partial charge >= 0.3 is 0 Å². The molecule has 2 N–H and O–H groups in total. The average Bonchev–Trinajstić information content (AvgIpc) is 3.20. The Morgan fingerprint density at radius 1 is 1.15 bits per heavy atom. The van der Waals surface area contributed by atoms with E-state index < -0.39 is 0 Å². The number of ether oxygens (including phenoxy) is 2. The summed E-state index contributed by atoms with van der Waals surface area (Å²) >= 11 is 0. The lowest BCUT2D eigenvalue weighted by Gasteiger charge is -2.28. The number of likely N-dealkylation sites (N-methyl/N-ethyl adjacent to an activating group) is 1. The van der Waals surface area contributed by atoms with E-state index in [1.165, 1.54) is 0 Å². The standard InChI is InChI=1S/C21H27N3O3/c1-15(18-11-7-8-12-20(18)26-3)24(2)21(25)19-13-16(22-23-19)14-27-17-9-5-4-6-10-17/h4-12,15-16,19,22-23H,13-14H2,1-3H3. The third-order valence-corrected chi connectivity index (χ3v) is 4.99. The Balaban J connectivity index is 1.56. The minimum absolute atomic E-state index is 0.0446. The van der Waals surface area contributed by atoms with Crippen molar-refractivity contribution in [2.75, 3.05) is 20.8 Å². The van der Waals surface area contributed by atoms with Gasteiger partial charge < -0.3 is 14.4 Å². The summed E-state index contributed by atoms with van der Waals surface area (Å²) in [5.41, 5.74) is 7.26. The number of methoxy groups -OCH3 is 1. The van der Waals surface area contributed by atoms with Crippen molar-refractivity contribution in [2.45, 2.75) is 31.5 Å². The molecule has 1 heterocycles. The van der Waals surface area contributed by atoms with Crippen molar-refractivity contribution in [3.05, 3.63) is 60.2 Å². The first-order valence-electron chi connectivity index (χ1n) is 9.18. The van der Waals surface area contributed by atoms with Gasteiger partial charge in [-0.25, -0.2) is 5.43 Å². The number of rotatable bonds is 7. The van der Waals surface area contributed by atoms with E-state index in [4.69, 9.17) is 9.47 Å². The Hall–Kier alpha value is -2.57. The van der Waals surface area contributed by atoms with Gasteiger partial charge in [-0.15, -0.1) is 0 Å². The maximum Gasteiger partial charge on any atom is 0.241 e. The minimum atomic E-state index is -0.281. The molecular formula is C21H27N3O3. The van der Waals surface area contributed by atoms with Crippen LogP contribution in [-0.4, -0.2) is 43.7 Å². The maximum atomic E-state index is 12.9. The molecule has 6 heteroatoms. The summed E-state index contributed by atoms with van der Waals surface area (Å²) in [7, 11) is 3.47. The van der Waals surface area contributed by atoms with E-state index >= 15 is 0 Å². The molecular weight excluding hydrogens is 342 g/mol. The molecule has 3 unspecified atom stereocenters. The Bertz CT molecular complexity index is 753. The van der Waals surface area contributed by atoms with Gasteiger partial charge in [-0.05, 0) is 31.5 Å². The van der Waals surface area contributed by atoms with Crippen LogP contribution >= 0.6 is 0 Å². The van der Waals surface area contributed by atoms with Crippen LogP contribution in [0.25, 0.3) is 0 Å². The number of nitrogens with zero attached hydrogens (tertiary/aromatic N) is 1. The number of amides is 1. The first-order valence-corrected chi connectivity index (χ1v) is 9.18. The van der Waals surface area contributed by atoms with Crippen LogP contribution in [0.3, 0.4) is 0 Å². The van der Waals surface area contributed by atoms with Gasteiger partial charge in [0.05, 0.1) is 19.2 Å². The van der Waals surface area contributed by atoms with Gasteiger partial charge in [0.15, 0.2) is 0 Å². The van der Waals surface area contributed by atoms with Gasteiger partial charge in [-0.2, -0.15) is 0 Å². The highest BCUT2D eigenvalue weighted by Gasteiger charge is 2.33. The first kappa shape index (κ1) is 19.2. The molecule has 144 valence electrons. The molecule has 3 atom stereocenters. The van der Waals surface area contributed by atoms with Gasteiger partial charge in [0.2, 0.25) is 5.91 Å². The van der Waals surface area contributed by atoms with Crippen LogP contribution in [0.1, 0.15) is 24.9 Å². The fourth-order valence-corrected chi connectivity index (χ4v) is 3.26. The molecule has 0 spiro atoms. The van der Waals surface area contributed by atoms with E-state index in [-0.39, 0.29) is 24.0 Å². The van der Waals surface area contributed by atoms with Gasteiger partial charge in [0, 0.05) is 12.6 Å². The molecule has 0 bridgehead atoms. The van der Waals surface area contributed by atoms with Crippen molar-refractivity contribution in [3.63, 3.8) is 0 Å². The zero-order valence-corrected chi connectivity index (χ0v) is 16.0. The lowest BCUT2D eigenvalue weighted by Crippen LogP contribution is -2.45. The molecule has 0 aromatic heterocycles. The predicted octanol–water partition coefficient (Wildman–Crippen LogP) is 2.53. The van der Waals surface area contributed by atoms with Crippen LogP contribution < -0.4 is 20.3 Å². The third kappa shape index (κ3) is 4.59. The molecule has 1 aliphatic rings. The summed E-state index contributed by atoms with van der Waals surface area (Å²) in [4.78, 5) is 14.7. The normalized spacial score (nSPS) is 20.1. The van der Waals surface area contributed by atoms with Crippen molar-refractivity contribution in [3.8, 4) is 11.5 Å². The summed E-state index contributed by atoms with van der Waals surface area (Å²) in [5.74, 6) is 1.66. The van der Waals surface area contributed by atoms with E-state index in [2.05, 4.69) is 10.9 Å². The average molecular weight is 369 g/mol. The van der Waals surface area contributed by atoms with Crippen LogP contribution in [0.4, 0.5) is 0 Å². The lowest BCUT2D eigenvalue weighted by atomic mass is 10.0. The maximum absolute atomic E-state index is 12.9. The summed E-state index contributed by atoms with van der Waals surface area (Å²) in [6.45, 7) is 2.51. The third-order valence-electron chi connectivity index (χ3n) is 4.99. The Labute approximate surface area is 160 Å². The van der Waals surface area contributed by atoms with Crippen LogP contribution in [-0.2, 0) is 4.79 Å². The number of hydrogen-bond acceptors (Lipinski definition) is 5. The van der Waals surface area contributed by atoms with Crippen molar-refractivity contribution >= 4 is 5.91 Å². The van der Waals surface area contributed by atoms with Gasteiger partial charge in [-0.1, -0.05) is 36.4 Å². The first-order chi connectivity index (χ1) is 13.1. The number of carbonyl (C=O) groups excluding carboxylic acids is 1. The van der Waals surface area contributed by atoms with Crippen molar-refractivity contribution in [1.82, 2.24) is 15.8 Å². The molecule has 0 aliphatic carbocycles. The molecule has 1 aliphatic heterocycles. The molecule has 2 aromatic rings. The molecule has 6 nitrogen and oxygen atoms in total. The monoisotopic (exact) mass is 369 g/mol. The van der Waals surface area contributed by atoms with Crippen molar-refractivity contribution in [1.29, 1.82) is 0 Å². The van der Waals surface area contributed by atoms with Crippen LogP contribution in [0.2, 0.25) is 0 Å². The minimum Gasteiger partial charge on any atom is -0.496 e. The number of carbonyl (C=O) groups is 1. The number of para-hydroxylation sites is 2. The zero-order valence-electron chi connectivity index (χ0n) is 16.0. The van der Waals surface area contributed by atoms with E-state index in [0.29, 0.717) is 13.0 Å². The lowest BCUT2D eigenvalue weighted by molar-refractivity contribution is -0.133. The molecule has 3 rings (SSSR count). The second-order valence-corrected chi connectivity index (χ2v) is 6.77. The molecule has 1 fully saturated rings. The summed E-state index contributed by atoms with van der Waals surface area (Å²) < 4.78 is 11.2. The fraction of sp³-hybridized carbons (Fsp3) is 0.381. The predicted molar refractivity (Wildman–Crippen MR) is 105 cm³/mol. The summed E-state index contributed by atoms with van der Waals surface area (Å²) in [6, 6.07) is 17.2. The topological polar surface area (TPSA) is 62.8 Å². The van der Waals surface area contributed by atoms with E-state index in [1.807, 2.05) is 68.6 Å². The Kier molecular flexibility index (Phi) is 6.32. The van der Waals surface area contributed by atoms with Crippen LogP contribution in [0.15, 0.2) is 54.6 Å². The van der Waals surface area contributed by atoms with Gasteiger partial charge in [-0.3, -0.25) is 10.2 Å². The highest BCUT2D eigenvalue weighted by atomic mass is 16.5. The molecule has 1 saturated heterocycles. The molecule has 2 aromatic carbocycles. The smallest absolute Gasteiger partial charge is 0.241 e. The Morgan fingerprint density at radius 3 is 2.59 bits per heavy atom. The highest BCUT2D eigenvalue weighted by Crippen LogP contribution is 2.28. The molecule has 1 amide bonds. The molecule has 0 saturated carbocycles. The van der Waals surface area contributed by atoms with E-state index in [0.717, 1.165) is 17.1 Å². The number of nitrogens with one attached hydrogen (secondary N) is 2. The number of hydrogen-bond donors (Lipinski definition) is 2. The number of benzene rings is 2. The SMILES string of the molecule is COc1ccccc1C(C)N(C)C(=O)C1CC(COc2ccccc2)NN1. The molecule has 0 radical (unpaired) electrons. The second kappa shape index (κ2) is 8.88. The molecule has 27 heavy (non-hydrogen) atoms. The highest BCUT2D eigenvalue weighted by molar-refractivity contribution is 5.82. The van der Waals surface area contributed by atoms with Crippen molar-refractivity contribution in [2.24, 2.45) is 0 Å². The zero-order chi connectivity index (χ0) is 19.2. The quantitative estimate of drug-likeness (QED) is 0.785. The second-order valence-electron chi connectivity index (χ2n) is 6.77. The summed E-state index contributed by atoms with van der Waals surface area (Å²) in [6.07, 6.45) is 0.675. The largest absolute Gasteiger partial charge is 0.496 e. The van der Waals surface area contributed by atoms with E-state index in [9.17, 15) is 4.79 Å². The van der Waals surface area contributed by atoms with Gasteiger partial charge in [0.25, 0.3) is 0 Å². The van der Waals surface area contributed by atoms with Crippen LogP contribution in [0.5, 0.6) is 11.5 Å². The Morgan fingerprint density at radius 2 is 1.85 bits per heavy atom. The van der Waals surface area contributed by atoms with Crippen molar-refractivity contribution < 1.29 is 14.3 Å². The van der Waals surface area contributed by atoms with Gasteiger partial charge in [0.1, 0.15) is 24.1 Å². The van der Waals surface area contributed by atoms with E-state index in [1.54, 1.807) is 12.0 Å². The fourth-order valence-electron chi connectivity index (χ4n) is 3.26. The number of hydrazine groups is 1. The summed E-state index contributed by atoms with van der Waals surface area (Å²) in [5, 5.41) is 0.